The fourth-order valence-corrected chi connectivity index (χ4v) is 4.16. The number of benzene rings is 3. The number of carboxylic acid groups (broad SMARTS) is 1. The lowest BCUT2D eigenvalue weighted by atomic mass is 10.0. The van der Waals surface area contributed by atoms with E-state index in [1.807, 2.05) is 42.5 Å². The highest BCUT2D eigenvalue weighted by atomic mass is 16.4. The van der Waals surface area contributed by atoms with E-state index in [9.17, 15) is 34.5 Å². The van der Waals surface area contributed by atoms with Crippen LogP contribution in [0, 0.1) is 0 Å². The molecule has 3 rings (SSSR count). The normalized spacial score (nSPS) is 14.8. The van der Waals surface area contributed by atoms with E-state index >= 15 is 0 Å². The summed E-state index contributed by atoms with van der Waals surface area (Å²) in [6.07, 6.45) is -1.15. The molecule has 8 N–H and O–H groups in total. The number of rotatable bonds is 13. The Morgan fingerprint density at radius 3 is 1.98 bits per heavy atom. The minimum atomic E-state index is -1.65. The lowest BCUT2D eigenvalue weighted by molar-refractivity contribution is -0.145. The fraction of sp³-hybridized carbons (Fsp3) is 0.310. The summed E-state index contributed by atoms with van der Waals surface area (Å²) in [7, 11) is 0. The number of aliphatic hydroxyl groups excluding tert-OH is 2. The summed E-state index contributed by atoms with van der Waals surface area (Å²) in [5, 5.41) is 37.7. The van der Waals surface area contributed by atoms with Crippen molar-refractivity contribution < 1.29 is 34.5 Å². The maximum Gasteiger partial charge on any atom is 0.328 e. The highest BCUT2D eigenvalue weighted by Crippen LogP contribution is 2.16. The number of hydrogen-bond acceptors (Lipinski definition) is 7. The monoisotopic (exact) mass is 550 g/mol. The van der Waals surface area contributed by atoms with E-state index in [4.69, 9.17) is 5.73 Å². The summed E-state index contributed by atoms with van der Waals surface area (Å²) in [6.45, 7) is 0.329. The molecule has 0 aliphatic heterocycles. The number of fused-ring (bicyclic) bond motifs is 1. The molecule has 0 heterocycles. The van der Waals surface area contributed by atoms with Crippen LogP contribution >= 0.6 is 0 Å². The molecule has 11 heteroatoms. The summed E-state index contributed by atoms with van der Waals surface area (Å²) < 4.78 is 0. The van der Waals surface area contributed by atoms with Gasteiger partial charge in [-0.05, 0) is 35.2 Å². The van der Waals surface area contributed by atoms with Crippen LogP contribution in [-0.2, 0) is 32.0 Å². The number of aliphatic carboxylic acids is 1. The van der Waals surface area contributed by atoms with Gasteiger partial charge in [0.2, 0.25) is 17.7 Å². The summed E-state index contributed by atoms with van der Waals surface area (Å²) in [4.78, 5) is 50.2. The Kier molecular flexibility index (Phi) is 10.7. The first-order valence-corrected chi connectivity index (χ1v) is 12.8. The third kappa shape index (κ3) is 8.34. The Morgan fingerprint density at radius 2 is 1.35 bits per heavy atom. The Labute approximate surface area is 231 Å². The van der Waals surface area contributed by atoms with Crippen LogP contribution in [0.1, 0.15) is 18.1 Å². The lowest BCUT2D eigenvalue weighted by Crippen LogP contribution is -2.59. The number of hydrogen-bond donors (Lipinski definition) is 7. The first-order chi connectivity index (χ1) is 19.1. The van der Waals surface area contributed by atoms with Crippen LogP contribution in [-0.4, -0.2) is 75.9 Å². The molecule has 0 aromatic heterocycles. The number of nitrogens with one attached hydrogen (secondary N) is 3. The second-order valence-corrected chi connectivity index (χ2v) is 9.55. The smallest absolute Gasteiger partial charge is 0.328 e. The molecule has 40 heavy (non-hydrogen) atoms. The van der Waals surface area contributed by atoms with E-state index in [2.05, 4.69) is 16.0 Å². The second-order valence-electron chi connectivity index (χ2n) is 9.55. The molecule has 0 unspecified atom stereocenters. The van der Waals surface area contributed by atoms with Crippen LogP contribution in [0.2, 0.25) is 0 Å². The molecule has 0 radical (unpaired) electrons. The largest absolute Gasteiger partial charge is 0.480 e. The Hall–Kier alpha value is -4.32. The number of carboxylic acids is 1. The van der Waals surface area contributed by atoms with Gasteiger partial charge in [0.15, 0.2) is 6.04 Å². The predicted octanol–water partition coefficient (Wildman–Crippen LogP) is -0.136. The third-order valence-corrected chi connectivity index (χ3v) is 6.38. The minimum Gasteiger partial charge on any atom is -0.480 e. The van der Waals surface area contributed by atoms with Gasteiger partial charge in [-0.2, -0.15) is 0 Å². The van der Waals surface area contributed by atoms with Gasteiger partial charge >= 0.3 is 5.97 Å². The van der Waals surface area contributed by atoms with Crippen LogP contribution < -0.4 is 21.7 Å². The standard InChI is InChI=1S/C29H34N4O7/c1-17(35)25(29(39)40)33-28(38)24(16-34)32-27(37)23(15-18-7-3-2-4-8-18)31-26(36)22(30)14-19-11-12-20-9-5-6-10-21(20)13-19/h2-13,17,22-25,34-35H,14-16,30H2,1H3,(H,31,36)(H,32,37)(H,33,38)(H,39,40)/t17-,22+,23+,24+,25+/m0/s1. The van der Waals surface area contributed by atoms with Gasteiger partial charge in [-0.15, -0.1) is 0 Å². The maximum atomic E-state index is 13.2. The van der Waals surface area contributed by atoms with Crippen molar-refractivity contribution >= 4 is 34.5 Å². The topological polar surface area (TPSA) is 191 Å². The molecule has 0 aliphatic rings. The van der Waals surface area contributed by atoms with Gasteiger partial charge < -0.3 is 37.0 Å². The van der Waals surface area contributed by atoms with Crippen LogP contribution in [0.4, 0.5) is 0 Å². The van der Waals surface area contributed by atoms with E-state index in [1.165, 1.54) is 6.92 Å². The Bertz CT molecular complexity index is 1330. The zero-order valence-electron chi connectivity index (χ0n) is 22.0. The van der Waals surface area contributed by atoms with Crippen LogP contribution in [0.3, 0.4) is 0 Å². The highest BCUT2D eigenvalue weighted by molar-refractivity contribution is 5.94. The first-order valence-electron chi connectivity index (χ1n) is 12.8. The summed E-state index contributed by atoms with van der Waals surface area (Å²) in [6, 6.07) is 17.1. The van der Waals surface area contributed by atoms with Gasteiger partial charge in [0.1, 0.15) is 12.1 Å². The van der Waals surface area contributed by atoms with E-state index in [-0.39, 0.29) is 12.8 Å². The van der Waals surface area contributed by atoms with Crippen molar-refractivity contribution in [3.05, 3.63) is 83.9 Å². The van der Waals surface area contributed by atoms with E-state index in [0.29, 0.717) is 0 Å². The third-order valence-electron chi connectivity index (χ3n) is 6.38. The van der Waals surface area contributed by atoms with Gasteiger partial charge in [0, 0.05) is 6.42 Å². The molecular weight excluding hydrogens is 516 g/mol. The van der Waals surface area contributed by atoms with Crippen molar-refractivity contribution in [2.45, 2.75) is 50.0 Å². The summed E-state index contributed by atoms with van der Waals surface area (Å²) >= 11 is 0. The fourth-order valence-electron chi connectivity index (χ4n) is 4.16. The number of aliphatic hydroxyl groups is 2. The van der Waals surface area contributed by atoms with Crippen molar-refractivity contribution in [2.75, 3.05) is 6.61 Å². The molecule has 3 aromatic carbocycles. The van der Waals surface area contributed by atoms with Crippen LogP contribution in [0.15, 0.2) is 72.8 Å². The average Bonchev–Trinajstić information content (AvgIpc) is 2.94. The number of nitrogens with two attached hydrogens (primary N) is 1. The Morgan fingerprint density at radius 1 is 0.750 bits per heavy atom. The molecule has 0 bridgehead atoms. The van der Waals surface area contributed by atoms with Gasteiger partial charge in [-0.3, -0.25) is 14.4 Å². The highest BCUT2D eigenvalue weighted by Gasteiger charge is 2.31. The molecule has 0 saturated heterocycles. The lowest BCUT2D eigenvalue weighted by Gasteiger charge is -2.25. The molecule has 3 aromatic rings. The van der Waals surface area contributed by atoms with E-state index in [0.717, 1.165) is 21.9 Å². The molecular formula is C29H34N4O7. The van der Waals surface area contributed by atoms with Crippen molar-refractivity contribution in [1.29, 1.82) is 0 Å². The molecule has 0 aliphatic carbocycles. The summed E-state index contributed by atoms with van der Waals surface area (Å²) in [5.41, 5.74) is 7.75. The molecule has 0 spiro atoms. The number of carbonyl (C=O) groups excluding carboxylic acids is 3. The number of carbonyl (C=O) groups is 4. The second kappa shape index (κ2) is 14.2. The molecule has 11 nitrogen and oxygen atoms in total. The maximum absolute atomic E-state index is 13.2. The molecule has 3 amide bonds. The van der Waals surface area contributed by atoms with Crippen LogP contribution in [0.5, 0.6) is 0 Å². The zero-order chi connectivity index (χ0) is 29.2. The minimum absolute atomic E-state index is 0.0618. The van der Waals surface area contributed by atoms with E-state index in [1.54, 1.807) is 30.3 Å². The molecule has 0 saturated carbocycles. The van der Waals surface area contributed by atoms with Crippen LogP contribution in [0.25, 0.3) is 10.8 Å². The van der Waals surface area contributed by atoms with Gasteiger partial charge in [-0.25, -0.2) is 4.79 Å². The zero-order valence-corrected chi connectivity index (χ0v) is 22.0. The van der Waals surface area contributed by atoms with Crippen molar-refractivity contribution in [2.24, 2.45) is 5.73 Å². The van der Waals surface area contributed by atoms with E-state index < -0.39 is 60.6 Å². The molecule has 212 valence electrons. The molecule has 5 atom stereocenters. The SMILES string of the molecule is C[C@H](O)[C@@H](NC(=O)[C@@H](CO)NC(=O)[C@@H](Cc1ccccc1)NC(=O)[C@H](N)Cc1ccc2ccccc2c1)C(=O)O. The van der Waals surface area contributed by atoms with Gasteiger partial charge in [-0.1, -0.05) is 72.8 Å². The molecule has 0 fully saturated rings. The predicted molar refractivity (Wildman–Crippen MR) is 148 cm³/mol. The average molecular weight is 551 g/mol. The quantitative estimate of drug-likeness (QED) is 0.153. The Balaban J connectivity index is 1.72. The number of amides is 3. The van der Waals surface area contributed by atoms with Gasteiger partial charge in [0.25, 0.3) is 0 Å². The van der Waals surface area contributed by atoms with Crippen molar-refractivity contribution in [1.82, 2.24) is 16.0 Å². The summed E-state index contributed by atoms with van der Waals surface area (Å²) in [5.74, 6) is -3.87. The van der Waals surface area contributed by atoms with Crippen molar-refractivity contribution in [3.63, 3.8) is 0 Å². The van der Waals surface area contributed by atoms with Gasteiger partial charge in [0.05, 0.1) is 18.8 Å². The first kappa shape index (κ1) is 30.2. The van der Waals surface area contributed by atoms with Crippen molar-refractivity contribution in [3.8, 4) is 0 Å².